The van der Waals surface area contributed by atoms with E-state index in [0.717, 1.165) is 21.4 Å². The summed E-state index contributed by atoms with van der Waals surface area (Å²) in [6, 6.07) is 10.0. The Kier molecular flexibility index (Phi) is 5.03. The summed E-state index contributed by atoms with van der Waals surface area (Å²) >= 11 is 5.00. The van der Waals surface area contributed by atoms with Gasteiger partial charge in [-0.25, -0.2) is 0 Å². The van der Waals surface area contributed by atoms with Gasteiger partial charge in [0.15, 0.2) is 6.23 Å². The Morgan fingerprint density at radius 3 is 2.87 bits per heavy atom. The Labute approximate surface area is 147 Å². The first kappa shape index (κ1) is 16.9. The van der Waals surface area contributed by atoms with E-state index in [1.807, 2.05) is 24.3 Å². The van der Waals surface area contributed by atoms with Crippen LogP contribution in [0.5, 0.6) is 0 Å². The summed E-state index contributed by atoms with van der Waals surface area (Å²) in [4.78, 5) is 14.1. The molecule has 1 aliphatic heterocycles. The Bertz CT molecular complexity index is 661. The third-order valence-electron chi connectivity index (χ3n) is 4.10. The molecule has 1 saturated heterocycles. The second kappa shape index (κ2) is 6.86. The first-order valence-corrected chi connectivity index (χ1v) is 9.13. The van der Waals surface area contributed by atoms with Crippen LogP contribution in [0.4, 0.5) is 0 Å². The number of rotatable bonds is 5. The van der Waals surface area contributed by atoms with Crippen molar-refractivity contribution in [2.24, 2.45) is 0 Å². The number of carbonyl (C=O) groups excluding carboxylic acids is 1. The quantitative estimate of drug-likeness (QED) is 0.572. The van der Waals surface area contributed by atoms with Crippen molar-refractivity contribution in [3.05, 3.63) is 35.2 Å². The van der Waals surface area contributed by atoms with Crippen LogP contribution < -0.4 is 0 Å². The third kappa shape index (κ3) is 2.70. The fourth-order valence-electron chi connectivity index (χ4n) is 2.91. The number of methoxy groups -OCH3 is 2. The van der Waals surface area contributed by atoms with Crippen LogP contribution in [0.1, 0.15) is 4.88 Å². The van der Waals surface area contributed by atoms with Gasteiger partial charge in [-0.1, -0.05) is 34.1 Å². The number of nitrogens with zero attached hydrogens (tertiary/aromatic N) is 1. The molecule has 5 nitrogen and oxygen atoms in total. The van der Waals surface area contributed by atoms with Crippen molar-refractivity contribution in [3.63, 3.8) is 0 Å². The zero-order chi connectivity index (χ0) is 16.4. The topological polar surface area (TPSA) is 48.0 Å². The summed E-state index contributed by atoms with van der Waals surface area (Å²) in [7, 11) is 3.13. The van der Waals surface area contributed by atoms with Crippen molar-refractivity contribution in [2.45, 2.75) is 18.1 Å². The van der Waals surface area contributed by atoms with Crippen LogP contribution in [0.3, 0.4) is 0 Å². The van der Waals surface area contributed by atoms with Gasteiger partial charge in [-0.2, -0.15) is 0 Å². The lowest BCUT2D eigenvalue weighted by atomic mass is 10.1. The van der Waals surface area contributed by atoms with Crippen LogP contribution >= 0.6 is 27.3 Å². The molecule has 0 saturated carbocycles. The van der Waals surface area contributed by atoms with Gasteiger partial charge in [0, 0.05) is 24.2 Å². The van der Waals surface area contributed by atoms with Crippen LogP contribution in [0.25, 0.3) is 10.1 Å². The minimum atomic E-state index is -1.13. The Balaban J connectivity index is 2.09. The molecule has 2 aromatic rings. The molecule has 1 aromatic carbocycles. The molecule has 1 aliphatic rings. The fraction of sp³-hybridized carbons (Fsp3) is 0.438. The van der Waals surface area contributed by atoms with E-state index in [-0.39, 0.29) is 6.04 Å². The number of thiophene rings is 1. The number of fused-ring (bicyclic) bond motifs is 1. The maximum absolute atomic E-state index is 11.6. The van der Waals surface area contributed by atoms with Crippen LogP contribution in [0.15, 0.2) is 30.3 Å². The van der Waals surface area contributed by atoms with Gasteiger partial charge >= 0.3 is 0 Å². The molecule has 3 atom stereocenters. The number of carbonyl (C=O) groups is 1. The standard InChI is InChI=1S/C16H18BrNO4S/c1-20-15-16(21-2,22-9-12(8-17)18(15)10-19)14-7-11-5-3-4-6-13(11)23-14/h3-7,10,12,15H,8-9H2,1-2H3. The van der Waals surface area contributed by atoms with E-state index in [0.29, 0.717) is 11.9 Å². The number of morpholine rings is 1. The van der Waals surface area contributed by atoms with Gasteiger partial charge in [-0.05, 0) is 17.5 Å². The molecule has 7 heteroatoms. The minimum Gasteiger partial charge on any atom is -0.356 e. The number of halogens is 1. The highest BCUT2D eigenvalue weighted by atomic mass is 79.9. The second-order valence-electron chi connectivity index (χ2n) is 5.28. The SMILES string of the molecule is COC1N(C=O)C(CBr)COC1(OC)c1cc2ccccc2s1. The van der Waals surface area contributed by atoms with Crippen molar-refractivity contribution in [1.82, 2.24) is 4.90 Å². The van der Waals surface area contributed by atoms with Crippen molar-refractivity contribution in [2.75, 3.05) is 26.2 Å². The average Bonchev–Trinajstić information content (AvgIpc) is 3.04. The molecule has 0 bridgehead atoms. The fourth-order valence-corrected chi connectivity index (χ4v) is 4.64. The van der Waals surface area contributed by atoms with Gasteiger partial charge in [0.05, 0.1) is 17.5 Å². The Hall–Kier alpha value is -0.990. The monoisotopic (exact) mass is 399 g/mol. The van der Waals surface area contributed by atoms with Gasteiger partial charge in [-0.15, -0.1) is 11.3 Å². The third-order valence-corrected chi connectivity index (χ3v) is 6.06. The predicted octanol–water partition coefficient (Wildman–Crippen LogP) is 2.93. The summed E-state index contributed by atoms with van der Waals surface area (Å²) in [6.45, 7) is 0.367. The maximum Gasteiger partial charge on any atom is 0.251 e. The number of hydrogen-bond donors (Lipinski definition) is 0. The lowest BCUT2D eigenvalue weighted by Crippen LogP contribution is -2.63. The number of alkyl halides is 1. The Morgan fingerprint density at radius 2 is 2.26 bits per heavy atom. The highest BCUT2D eigenvalue weighted by molar-refractivity contribution is 9.09. The molecular weight excluding hydrogens is 382 g/mol. The van der Waals surface area contributed by atoms with Crippen molar-refractivity contribution < 1.29 is 19.0 Å². The zero-order valence-corrected chi connectivity index (χ0v) is 15.3. The molecule has 1 fully saturated rings. The summed E-state index contributed by atoms with van der Waals surface area (Å²) in [5.41, 5.74) is 0. The average molecular weight is 400 g/mol. The smallest absolute Gasteiger partial charge is 0.251 e. The van der Waals surface area contributed by atoms with Crippen LogP contribution in [-0.2, 0) is 24.8 Å². The van der Waals surface area contributed by atoms with Crippen LogP contribution in [-0.4, -0.2) is 49.7 Å². The molecule has 23 heavy (non-hydrogen) atoms. The summed E-state index contributed by atoms with van der Waals surface area (Å²) in [5.74, 6) is -1.13. The van der Waals surface area contributed by atoms with E-state index in [9.17, 15) is 4.79 Å². The lowest BCUT2D eigenvalue weighted by molar-refractivity contribution is -0.342. The molecule has 0 N–H and O–H groups in total. The van der Waals surface area contributed by atoms with E-state index in [2.05, 4.69) is 22.0 Å². The van der Waals surface area contributed by atoms with Gasteiger partial charge in [0.25, 0.3) is 5.79 Å². The predicted molar refractivity (Wildman–Crippen MR) is 92.7 cm³/mol. The van der Waals surface area contributed by atoms with Crippen molar-refractivity contribution in [3.8, 4) is 0 Å². The summed E-state index contributed by atoms with van der Waals surface area (Å²) in [5, 5.41) is 1.72. The highest BCUT2D eigenvalue weighted by Crippen LogP contribution is 2.43. The normalized spacial score (nSPS) is 28.2. The highest BCUT2D eigenvalue weighted by Gasteiger charge is 2.52. The largest absolute Gasteiger partial charge is 0.356 e. The molecule has 3 unspecified atom stereocenters. The molecule has 1 amide bonds. The van der Waals surface area contributed by atoms with Gasteiger partial charge in [0.1, 0.15) is 0 Å². The van der Waals surface area contributed by atoms with Crippen LogP contribution in [0.2, 0.25) is 0 Å². The first-order chi connectivity index (χ1) is 11.2. The second-order valence-corrected chi connectivity index (χ2v) is 7.01. The van der Waals surface area contributed by atoms with E-state index in [1.165, 1.54) is 0 Å². The van der Waals surface area contributed by atoms with Gasteiger partial charge in [-0.3, -0.25) is 4.79 Å². The number of amides is 1. The van der Waals surface area contributed by atoms with E-state index < -0.39 is 12.0 Å². The minimum absolute atomic E-state index is 0.102. The van der Waals surface area contributed by atoms with Crippen molar-refractivity contribution in [1.29, 1.82) is 0 Å². The molecule has 2 heterocycles. The Morgan fingerprint density at radius 1 is 1.48 bits per heavy atom. The molecule has 124 valence electrons. The van der Waals surface area contributed by atoms with E-state index in [4.69, 9.17) is 14.2 Å². The van der Waals surface area contributed by atoms with Gasteiger partial charge < -0.3 is 19.1 Å². The molecule has 1 aromatic heterocycles. The lowest BCUT2D eigenvalue weighted by Gasteiger charge is -2.48. The summed E-state index contributed by atoms with van der Waals surface area (Å²) in [6.07, 6.45) is 0.137. The molecule has 0 radical (unpaired) electrons. The molecule has 0 aliphatic carbocycles. The molecule has 0 spiro atoms. The number of hydrogen-bond acceptors (Lipinski definition) is 5. The van der Waals surface area contributed by atoms with E-state index in [1.54, 1.807) is 30.5 Å². The number of ether oxygens (including phenoxy) is 3. The van der Waals surface area contributed by atoms with Crippen molar-refractivity contribution >= 4 is 43.8 Å². The zero-order valence-electron chi connectivity index (χ0n) is 12.9. The summed E-state index contributed by atoms with van der Waals surface area (Å²) < 4.78 is 18.6. The number of benzene rings is 1. The van der Waals surface area contributed by atoms with Crippen LogP contribution in [0, 0.1) is 0 Å². The molecule has 3 rings (SSSR count). The van der Waals surface area contributed by atoms with Gasteiger partial charge in [0.2, 0.25) is 6.41 Å². The molecular formula is C16H18BrNO4S. The van der Waals surface area contributed by atoms with E-state index >= 15 is 0 Å². The first-order valence-electron chi connectivity index (χ1n) is 7.19. The maximum atomic E-state index is 11.6.